The maximum Gasteiger partial charge on any atom is 0.251 e. The van der Waals surface area contributed by atoms with Crippen molar-refractivity contribution in [2.45, 2.75) is 30.9 Å². The standard InChI is InChI=1S/C23H27ClN2O3S/c1-30-16-11-20(25-21(27)17-5-3-2-4-6-17)22(28)26-14-12-23(29,13-15-26)18-7-9-19(24)10-8-18/h2-10,20,29H,11-16H2,1H3,(H,25,27). The normalized spacial score (nSPS) is 16.7. The summed E-state index contributed by atoms with van der Waals surface area (Å²) in [5.74, 6) is 0.435. The Balaban J connectivity index is 1.65. The highest BCUT2D eigenvalue weighted by molar-refractivity contribution is 7.98. The summed E-state index contributed by atoms with van der Waals surface area (Å²) in [5.41, 5.74) is 0.384. The summed E-state index contributed by atoms with van der Waals surface area (Å²) in [4.78, 5) is 27.5. The van der Waals surface area contributed by atoms with E-state index in [-0.39, 0.29) is 11.8 Å². The van der Waals surface area contributed by atoms with Crippen molar-refractivity contribution >= 4 is 35.2 Å². The lowest BCUT2D eigenvalue weighted by atomic mass is 9.84. The van der Waals surface area contributed by atoms with Gasteiger partial charge in [0, 0.05) is 23.7 Å². The van der Waals surface area contributed by atoms with Crippen LogP contribution in [0.15, 0.2) is 54.6 Å². The zero-order chi connectivity index (χ0) is 21.6. The topological polar surface area (TPSA) is 69.6 Å². The van der Waals surface area contributed by atoms with Crippen LogP contribution in [-0.2, 0) is 10.4 Å². The average molecular weight is 447 g/mol. The molecule has 0 bridgehead atoms. The minimum absolute atomic E-state index is 0.0912. The number of piperidine rings is 1. The van der Waals surface area contributed by atoms with Gasteiger partial charge in [0.1, 0.15) is 6.04 Å². The molecule has 0 spiro atoms. The Kier molecular flexibility index (Phi) is 7.81. The van der Waals surface area contributed by atoms with Gasteiger partial charge in [0.25, 0.3) is 5.91 Å². The molecule has 1 atom stereocenters. The minimum Gasteiger partial charge on any atom is -0.385 e. The third kappa shape index (κ3) is 5.56. The number of hydrogen-bond acceptors (Lipinski definition) is 4. The SMILES string of the molecule is CSCCC(NC(=O)c1ccccc1)C(=O)N1CCC(O)(c2ccc(Cl)cc2)CC1. The van der Waals surface area contributed by atoms with Gasteiger partial charge in [0.05, 0.1) is 5.60 Å². The number of halogens is 1. The Morgan fingerprint density at radius 3 is 2.37 bits per heavy atom. The zero-order valence-corrected chi connectivity index (χ0v) is 18.6. The molecule has 2 N–H and O–H groups in total. The van der Waals surface area contributed by atoms with Crippen molar-refractivity contribution in [3.8, 4) is 0 Å². The van der Waals surface area contributed by atoms with E-state index in [0.29, 0.717) is 42.9 Å². The van der Waals surface area contributed by atoms with Crippen molar-refractivity contribution in [2.24, 2.45) is 0 Å². The number of benzene rings is 2. The second-order valence-electron chi connectivity index (χ2n) is 7.54. The quantitative estimate of drug-likeness (QED) is 0.680. The van der Waals surface area contributed by atoms with Gasteiger partial charge in [-0.25, -0.2) is 0 Å². The molecule has 5 nitrogen and oxygen atoms in total. The molecule has 1 unspecified atom stereocenters. The fourth-order valence-corrected chi connectivity index (χ4v) is 4.29. The van der Waals surface area contributed by atoms with Gasteiger partial charge in [0.2, 0.25) is 5.91 Å². The predicted molar refractivity (Wildman–Crippen MR) is 122 cm³/mol. The maximum atomic E-state index is 13.2. The lowest BCUT2D eigenvalue weighted by Crippen LogP contribution is -2.53. The maximum absolute atomic E-state index is 13.2. The number of aliphatic hydroxyl groups is 1. The minimum atomic E-state index is -0.969. The largest absolute Gasteiger partial charge is 0.385 e. The average Bonchev–Trinajstić information content (AvgIpc) is 2.77. The van der Waals surface area contributed by atoms with Crippen molar-refractivity contribution in [1.29, 1.82) is 0 Å². The number of amides is 2. The number of nitrogens with zero attached hydrogens (tertiary/aromatic N) is 1. The fourth-order valence-electron chi connectivity index (χ4n) is 3.69. The molecular weight excluding hydrogens is 420 g/mol. The summed E-state index contributed by atoms with van der Waals surface area (Å²) in [6.45, 7) is 0.879. The Morgan fingerprint density at radius 1 is 1.13 bits per heavy atom. The summed E-state index contributed by atoms with van der Waals surface area (Å²) in [6.07, 6.45) is 3.44. The summed E-state index contributed by atoms with van der Waals surface area (Å²) in [6, 6.07) is 15.5. The molecule has 1 aliphatic heterocycles. The second kappa shape index (κ2) is 10.3. The Labute approximate surface area is 186 Å². The van der Waals surface area contributed by atoms with E-state index in [1.165, 1.54) is 0 Å². The van der Waals surface area contributed by atoms with Gasteiger partial charge in [-0.1, -0.05) is 41.9 Å². The molecule has 160 valence electrons. The van der Waals surface area contributed by atoms with Gasteiger partial charge >= 0.3 is 0 Å². The second-order valence-corrected chi connectivity index (χ2v) is 8.96. The number of carbonyl (C=O) groups is 2. The van der Waals surface area contributed by atoms with Crippen LogP contribution in [0.5, 0.6) is 0 Å². The van der Waals surface area contributed by atoms with E-state index in [0.717, 1.165) is 11.3 Å². The van der Waals surface area contributed by atoms with Crippen LogP contribution in [0.2, 0.25) is 5.02 Å². The molecular formula is C23H27ClN2O3S. The van der Waals surface area contributed by atoms with Crippen LogP contribution >= 0.6 is 23.4 Å². The Hall–Kier alpha value is -2.02. The number of nitrogens with one attached hydrogen (secondary N) is 1. The first-order valence-electron chi connectivity index (χ1n) is 10.0. The van der Waals surface area contributed by atoms with Crippen molar-refractivity contribution in [2.75, 3.05) is 25.1 Å². The van der Waals surface area contributed by atoms with Gasteiger partial charge in [-0.2, -0.15) is 11.8 Å². The first kappa shape index (κ1) is 22.7. The molecule has 2 amide bonds. The van der Waals surface area contributed by atoms with Crippen molar-refractivity contribution in [3.63, 3.8) is 0 Å². The van der Waals surface area contributed by atoms with Gasteiger partial charge in [-0.3, -0.25) is 9.59 Å². The summed E-state index contributed by atoms with van der Waals surface area (Å²) >= 11 is 7.59. The summed E-state index contributed by atoms with van der Waals surface area (Å²) < 4.78 is 0. The molecule has 1 fully saturated rings. The molecule has 1 saturated heterocycles. The van der Waals surface area contributed by atoms with Crippen LogP contribution in [0, 0.1) is 0 Å². The number of likely N-dealkylation sites (tertiary alicyclic amines) is 1. The van der Waals surface area contributed by atoms with E-state index < -0.39 is 11.6 Å². The van der Waals surface area contributed by atoms with Crippen LogP contribution in [0.1, 0.15) is 35.2 Å². The molecule has 0 saturated carbocycles. The van der Waals surface area contributed by atoms with Crippen LogP contribution in [0.25, 0.3) is 0 Å². The molecule has 0 aromatic heterocycles. The van der Waals surface area contributed by atoms with Gasteiger partial charge in [-0.15, -0.1) is 0 Å². The number of carbonyl (C=O) groups excluding carboxylic acids is 2. The molecule has 0 radical (unpaired) electrons. The fraction of sp³-hybridized carbons (Fsp3) is 0.391. The predicted octanol–water partition coefficient (Wildman–Crippen LogP) is 3.70. The molecule has 0 aliphatic carbocycles. The smallest absolute Gasteiger partial charge is 0.251 e. The number of rotatable bonds is 7. The van der Waals surface area contributed by atoms with Crippen molar-refractivity contribution in [3.05, 3.63) is 70.7 Å². The van der Waals surface area contributed by atoms with E-state index >= 15 is 0 Å². The van der Waals surface area contributed by atoms with Crippen molar-refractivity contribution in [1.82, 2.24) is 10.2 Å². The van der Waals surface area contributed by atoms with Crippen molar-refractivity contribution < 1.29 is 14.7 Å². The monoisotopic (exact) mass is 446 g/mol. The summed E-state index contributed by atoms with van der Waals surface area (Å²) in [5, 5.41) is 14.6. The third-order valence-electron chi connectivity index (χ3n) is 5.53. The first-order valence-corrected chi connectivity index (χ1v) is 11.8. The van der Waals surface area contributed by atoms with Gasteiger partial charge in [-0.05, 0) is 61.1 Å². The van der Waals surface area contributed by atoms with E-state index in [1.54, 1.807) is 53.1 Å². The van der Waals surface area contributed by atoms with E-state index in [1.807, 2.05) is 24.5 Å². The number of thioether (sulfide) groups is 1. The van der Waals surface area contributed by atoms with Crippen LogP contribution in [-0.4, -0.2) is 53.0 Å². The number of hydrogen-bond donors (Lipinski definition) is 2. The molecule has 3 rings (SSSR count). The third-order valence-corrected chi connectivity index (χ3v) is 6.43. The summed E-state index contributed by atoms with van der Waals surface area (Å²) in [7, 11) is 0. The van der Waals surface area contributed by atoms with E-state index in [2.05, 4.69) is 5.32 Å². The van der Waals surface area contributed by atoms with Gasteiger partial charge in [0.15, 0.2) is 0 Å². The molecule has 2 aromatic carbocycles. The van der Waals surface area contributed by atoms with Gasteiger partial charge < -0.3 is 15.3 Å². The molecule has 1 aliphatic rings. The van der Waals surface area contributed by atoms with E-state index in [9.17, 15) is 14.7 Å². The van der Waals surface area contributed by atoms with Crippen LogP contribution < -0.4 is 5.32 Å². The lowest BCUT2D eigenvalue weighted by molar-refractivity contribution is -0.137. The lowest BCUT2D eigenvalue weighted by Gasteiger charge is -2.39. The van der Waals surface area contributed by atoms with E-state index in [4.69, 9.17) is 11.6 Å². The zero-order valence-electron chi connectivity index (χ0n) is 17.0. The Morgan fingerprint density at radius 2 is 1.77 bits per heavy atom. The molecule has 1 heterocycles. The highest BCUT2D eigenvalue weighted by atomic mass is 35.5. The first-order chi connectivity index (χ1) is 14.4. The van der Waals surface area contributed by atoms with Crippen LogP contribution in [0.4, 0.5) is 0 Å². The molecule has 7 heteroatoms. The highest BCUT2D eigenvalue weighted by Crippen LogP contribution is 2.33. The molecule has 2 aromatic rings. The van der Waals surface area contributed by atoms with Crippen LogP contribution in [0.3, 0.4) is 0 Å². The molecule has 30 heavy (non-hydrogen) atoms. The Bertz CT molecular complexity index is 853. The highest BCUT2D eigenvalue weighted by Gasteiger charge is 2.37.